The van der Waals surface area contributed by atoms with Gasteiger partial charge in [0.2, 0.25) is 0 Å². The van der Waals surface area contributed by atoms with E-state index in [1.54, 1.807) is 37.1 Å². The highest BCUT2D eigenvalue weighted by Gasteiger charge is 2.17. The Morgan fingerprint density at radius 1 is 1.59 bits per heavy atom. The van der Waals surface area contributed by atoms with E-state index in [-0.39, 0.29) is 12.5 Å². The molecule has 0 bridgehead atoms. The second kappa shape index (κ2) is 4.50. The lowest BCUT2D eigenvalue weighted by Crippen LogP contribution is -2.32. The van der Waals surface area contributed by atoms with Gasteiger partial charge in [-0.25, -0.2) is 4.52 Å². The number of aliphatic hydroxyl groups is 1. The van der Waals surface area contributed by atoms with Gasteiger partial charge in [-0.1, -0.05) is 0 Å². The zero-order chi connectivity index (χ0) is 12.4. The summed E-state index contributed by atoms with van der Waals surface area (Å²) in [5.41, 5.74) is 1.15. The summed E-state index contributed by atoms with van der Waals surface area (Å²) in [5.74, 6) is -0.172. The minimum atomic E-state index is -0.552. The van der Waals surface area contributed by atoms with E-state index in [2.05, 4.69) is 10.1 Å². The summed E-state index contributed by atoms with van der Waals surface area (Å²) in [5, 5.41) is 13.3. The Morgan fingerprint density at radius 3 is 3.06 bits per heavy atom. The van der Waals surface area contributed by atoms with Crippen molar-refractivity contribution in [3.05, 3.63) is 30.4 Å². The molecule has 0 aliphatic carbocycles. The maximum atomic E-state index is 12.1. The number of fused-ring (bicyclic) bond motifs is 1. The van der Waals surface area contributed by atoms with Crippen molar-refractivity contribution < 1.29 is 9.90 Å². The molecule has 0 aromatic carbocycles. The zero-order valence-electron chi connectivity index (χ0n) is 9.74. The SMILES string of the molecule is CC(O)CN(C)C(=O)c1cnn2ccncc12. The predicted molar refractivity (Wildman–Crippen MR) is 61.6 cm³/mol. The van der Waals surface area contributed by atoms with Crippen LogP contribution < -0.4 is 0 Å². The molecule has 17 heavy (non-hydrogen) atoms. The van der Waals surface area contributed by atoms with Crippen molar-refractivity contribution in [2.75, 3.05) is 13.6 Å². The number of carbonyl (C=O) groups excluding carboxylic acids is 1. The normalized spacial score (nSPS) is 12.6. The molecular formula is C11H14N4O2. The number of carbonyl (C=O) groups is 1. The Hall–Kier alpha value is -1.95. The largest absolute Gasteiger partial charge is 0.392 e. The highest BCUT2D eigenvalue weighted by atomic mass is 16.3. The van der Waals surface area contributed by atoms with E-state index in [0.29, 0.717) is 11.1 Å². The van der Waals surface area contributed by atoms with E-state index < -0.39 is 6.10 Å². The number of aliphatic hydroxyl groups excluding tert-OH is 1. The van der Waals surface area contributed by atoms with Gasteiger partial charge in [-0.2, -0.15) is 5.10 Å². The summed E-state index contributed by atoms with van der Waals surface area (Å²) < 4.78 is 1.59. The van der Waals surface area contributed by atoms with Crippen LogP contribution in [0.4, 0.5) is 0 Å². The molecule has 2 rings (SSSR count). The molecule has 2 aromatic rings. The van der Waals surface area contributed by atoms with Crippen molar-refractivity contribution >= 4 is 11.4 Å². The summed E-state index contributed by atoms with van der Waals surface area (Å²) >= 11 is 0. The summed E-state index contributed by atoms with van der Waals surface area (Å²) in [6, 6.07) is 0. The lowest BCUT2D eigenvalue weighted by Gasteiger charge is -2.17. The van der Waals surface area contributed by atoms with Crippen LogP contribution in [0.5, 0.6) is 0 Å². The standard InChI is InChI=1S/C11H14N4O2/c1-8(16)7-14(2)11(17)9-5-13-15-4-3-12-6-10(9)15/h3-6,8,16H,7H2,1-2H3. The Bertz CT molecular complexity index is 535. The Kier molecular flexibility index (Phi) is 3.06. The second-order valence-corrected chi connectivity index (χ2v) is 4.00. The van der Waals surface area contributed by atoms with Crippen molar-refractivity contribution in [2.45, 2.75) is 13.0 Å². The minimum absolute atomic E-state index is 0.172. The third kappa shape index (κ3) is 2.26. The summed E-state index contributed by atoms with van der Waals surface area (Å²) in [6.07, 6.45) is 5.84. The van der Waals surface area contributed by atoms with Crippen molar-refractivity contribution in [1.82, 2.24) is 19.5 Å². The molecule has 0 saturated carbocycles. The van der Waals surface area contributed by atoms with Gasteiger partial charge >= 0.3 is 0 Å². The fourth-order valence-electron chi connectivity index (χ4n) is 1.68. The number of amides is 1. The predicted octanol–water partition coefficient (Wildman–Crippen LogP) is 0.182. The molecule has 0 aliphatic heterocycles. The maximum absolute atomic E-state index is 12.1. The summed E-state index contributed by atoms with van der Waals surface area (Å²) in [4.78, 5) is 17.5. The van der Waals surface area contributed by atoms with E-state index in [4.69, 9.17) is 0 Å². The number of aromatic nitrogens is 3. The maximum Gasteiger partial charge on any atom is 0.257 e. The van der Waals surface area contributed by atoms with Crippen LogP contribution in [-0.4, -0.2) is 50.2 Å². The first kappa shape index (κ1) is 11.5. The zero-order valence-corrected chi connectivity index (χ0v) is 9.74. The molecule has 2 heterocycles. The fraction of sp³-hybridized carbons (Fsp3) is 0.364. The number of rotatable bonds is 3. The summed E-state index contributed by atoms with van der Waals surface area (Å²) in [7, 11) is 1.65. The smallest absolute Gasteiger partial charge is 0.257 e. The molecule has 1 unspecified atom stereocenters. The monoisotopic (exact) mass is 234 g/mol. The van der Waals surface area contributed by atoms with Gasteiger partial charge in [0, 0.05) is 26.0 Å². The van der Waals surface area contributed by atoms with Crippen molar-refractivity contribution in [3.63, 3.8) is 0 Å². The van der Waals surface area contributed by atoms with Crippen LogP contribution in [0.1, 0.15) is 17.3 Å². The van der Waals surface area contributed by atoms with E-state index in [1.807, 2.05) is 0 Å². The van der Waals surface area contributed by atoms with Crippen molar-refractivity contribution in [3.8, 4) is 0 Å². The number of nitrogens with zero attached hydrogens (tertiary/aromatic N) is 4. The first-order valence-electron chi connectivity index (χ1n) is 5.30. The number of hydrogen-bond acceptors (Lipinski definition) is 4. The highest BCUT2D eigenvalue weighted by molar-refractivity contribution is 6.00. The molecule has 0 saturated heterocycles. The van der Waals surface area contributed by atoms with Gasteiger partial charge in [-0.3, -0.25) is 9.78 Å². The molecule has 0 spiro atoms. The van der Waals surface area contributed by atoms with Gasteiger partial charge in [-0.05, 0) is 6.92 Å². The van der Waals surface area contributed by atoms with E-state index >= 15 is 0 Å². The van der Waals surface area contributed by atoms with Crippen LogP contribution in [0, 0.1) is 0 Å². The average molecular weight is 234 g/mol. The molecule has 1 atom stereocenters. The first-order valence-corrected chi connectivity index (χ1v) is 5.30. The van der Waals surface area contributed by atoms with Gasteiger partial charge in [0.25, 0.3) is 5.91 Å². The van der Waals surface area contributed by atoms with Crippen molar-refractivity contribution in [1.29, 1.82) is 0 Å². The molecule has 2 aromatic heterocycles. The van der Waals surface area contributed by atoms with Crippen LogP contribution in [0.3, 0.4) is 0 Å². The quantitative estimate of drug-likeness (QED) is 0.822. The Balaban J connectivity index is 2.30. The lowest BCUT2D eigenvalue weighted by atomic mass is 10.2. The molecule has 6 heteroatoms. The van der Waals surface area contributed by atoms with Gasteiger partial charge in [0.15, 0.2) is 0 Å². The summed E-state index contributed by atoms with van der Waals surface area (Å²) in [6.45, 7) is 1.93. The molecule has 1 amide bonds. The number of hydrogen-bond donors (Lipinski definition) is 1. The van der Waals surface area contributed by atoms with E-state index in [1.165, 1.54) is 11.1 Å². The first-order chi connectivity index (χ1) is 8.09. The third-order valence-corrected chi connectivity index (χ3v) is 2.44. The Labute approximate surface area is 98.5 Å². The van der Waals surface area contributed by atoms with Crippen LogP contribution in [-0.2, 0) is 0 Å². The minimum Gasteiger partial charge on any atom is -0.392 e. The van der Waals surface area contributed by atoms with E-state index in [9.17, 15) is 9.90 Å². The van der Waals surface area contributed by atoms with Crippen LogP contribution in [0.15, 0.2) is 24.8 Å². The second-order valence-electron chi connectivity index (χ2n) is 4.00. The Morgan fingerprint density at radius 2 is 2.35 bits per heavy atom. The molecule has 1 N–H and O–H groups in total. The van der Waals surface area contributed by atoms with E-state index in [0.717, 1.165) is 0 Å². The van der Waals surface area contributed by atoms with Crippen molar-refractivity contribution in [2.24, 2.45) is 0 Å². The molecule has 0 radical (unpaired) electrons. The van der Waals surface area contributed by atoms with Crippen LogP contribution in [0.2, 0.25) is 0 Å². The van der Waals surface area contributed by atoms with Crippen LogP contribution >= 0.6 is 0 Å². The van der Waals surface area contributed by atoms with Crippen LogP contribution in [0.25, 0.3) is 5.52 Å². The average Bonchev–Trinajstić information content (AvgIpc) is 2.70. The van der Waals surface area contributed by atoms with Gasteiger partial charge in [0.1, 0.15) is 0 Å². The molecule has 90 valence electrons. The molecule has 0 fully saturated rings. The van der Waals surface area contributed by atoms with Gasteiger partial charge < -0.3 is 10.0 Å². The lowest BCUT2D eigenvalue weighted by molar-refractivity contribution is 0.0705. The third-order valence-electron chi connectivity index (χ3n) is 2.44. The topological polar surface area (TPSA) is 70.7 Å². The number of likely N-dealkylation sites (N-methyl/N-ethyl adjacent to an activating group) is 1. The molecule has 6 nitrogen and oxygen atoms in total. The molecular weight excluding hydrogens is 220 g/mol. The molecule has 0 aliphatic rings. The fourth-order valence-corrected chi connectivity index (χ4v) is 1.68. The highest BCUT2D eigenvalue weighted by Crippen LogP contribution is 2.11. The van der Waals surface area contributed by atoms with Gasteiger partial charge in [0.05, 0.1) is 29.6 Å². The van der Waals surface area contributed by atoms with Gasteiger partial charge in [-0.15, -0.1) is 0 Å².